The van der Waals surface area contributed by atoms with Crippen LogP contribution in [-0.2, 0) is 6.54 Å². The number of rotatable bonds is 7. The number of halogens is 1. The molecule has 4 nitrogen and oxygen atoms in total. The third kappa shape index (κ3) is 5.73. The van der Waals surface area contributed by atoms with Crippen LogP contribution in [0.4, 0.5) is 0 Å². The minimum Gasteiger partial charge on any atom is -0.497 e. The summed E-state index contributed by atoms with van der Waals surface area (Å²) in [5, 5.41) is 6.96. The third-order valence-corrected chi connectivity index (χ3v) is 3.77. The normalized spacial score (nSPS) is 15.3. The first kappa shape index (κ1) is 18.1. The minimum atomic E-state index is 0. The zero-order chi connectivity index (χ0) is 14.2. The highest BCUT2D eigenvalue weighted by Gasteiger charge is 2.13. The fraction of sp³-hybridized carbons (Fsp3) is 0.625. The highest BCUT2D eigenvalue weighted by molar-refractivity contribution is 5.85. The van der Waals surface area contributed by atoms with Crippen LogP contribution in [0.2, 0.25) is 0 Å². The molecule has 0 unspecified atom stereocenters. The van der Waals surface area contributed by atoms with Crippen LogP contribution in [0.25, 0.3) is 0 Å². The van der Waals surface area contributed by atoms with Gasteiger partial charge in [0.2, 0.25) is 0 Å². The molecule has 5 heteroatoms. The van der Waals surface area contributed by atoms with Crippen LogP contribution in [0, 0.1) is 5.92 Å². The molecule has 1 saturated heterocycles. The molecule has 0 aromatic heterocycles. The fourth-order valence-electron chi connectivity index (χ4n) is 2.61. The van der Waals surface area contributed by atoms with Gasteiger partial charge in [-0.1, -0.05) is 0 Å². The van der Waals surface area contributed by atoms with Gasteiger partial charge in [-0.2, -0.15) is 0 Å². The lowest BCUT2D eigenvalue weighted by molar-refractivity contribution is 0.330. The zero-order valence-electron chi connectivity index (χ0n) is 13.0. The highest BCUT2D eigenvalue weighted by Crippen LogP contribution is 2.24. The molecule has 1 aromatic carbocycles. The van der Waals surface area contributed by atoms with E-state index in [0.717, 1.165) is 43.6 Å². The Bertz CT molecular complexity index is 409. The molecule has 0 saturated carbocycles. The molecule has 2 rings (SSSR count). The second-order valence-corrected chi connectivity index (χ2v) is 5.23. The predicted molar refractivity (Wildman–Crippen MR) is 88.7 cm³/mol. The van der Waals surface area contributed by atoms with E-state index in [1.165, 1.54) is 18.4 Å². The van der Waals surface area contributed by atoms with Crippen LogP contribution in [0.1, 0.15) is 25.3 Å². The van der Waals surface area contributed by atoms with Gasteiger partial charge in [0.15, 0.2) is 0 Å². The number of benzene rings is 1. The molecule has 1 aliphatic heterocycles. The van der Waals surface area contributed by atoms with Gasteiger partial charge in [0.05, 0.1) is 13.7 Å². The van der Waals surface area contributed by atoms with Crippen molar-refractivity contribution in [2.45, 2.75) is 26.3 Å². The summed E-state index contributed by atoms with van der Waals surface area (Å²) in [5.41, 5.74) is 1.17. The van der Waals surface area contributed by atoms with Crippen LogP contribution in [0.3, 0.4) is 0 Å². The van der Waals surface area contributed by atoms with Gasteiger partial charge in [-0.05, 0) is 63.5 Å². The van der Waals surface area contributed by atoms with Gasteiger partial charge in [0.1, 0.15) is 11.5 Å². The van der Waals surface area contributed by atoms with Crippen LogP contribution in [0.15, 0.2) is 18.2 Å². The van der Waals surface area contributed by atoms with Crippen LogP contribution in [0.5, 0.6) is 11.5 Å². The van der Waals surface area contributed by atoms with Crippen molar-refractivity contribution < 1.29 is 9.47 Å². The molecule has 0 spiro atoms. The summed E-state index contributed by atoms with van der Waals surface area (Å²) in [6, 6.07) is 5.99. The number of nitrogens with one attached hydrogen (secondary N) is 2. The number of piperidine rings is 1. The average Bonchev–Trinajstić information content (AvgIpc) is 2.50. The van der Waals surface area contributed by atoms with E-state index in [1.54, 1.807) is 7.11 Å². The van der Waals surface area contributed by atoms with Crippen LogP contribution in [-0.4, -0.2) is 33.4 Å². The second kappa shape index (κ2) is 9.87. The topological polar surface area (TPSA) is 42.5 Å². The van der Waals surface area contributed by atoms with Crippen molar-refractivity contribution in [2.24, 2.45) is 5.92 Å². The predicted octanol–water partition coefficient (Wildman–Crippen LogP) is 2.60. The third-order valence-electron chi connectivity index (χ3n) is 3.77. The van der Waals surface area contributed by atoms with Crippen molar-refractivity contribution >= 4 is 12.4 Å². The molecule has 0 atom stereocenters. The Morgan fingerprint density at radius 2 is 2.05 bits per heavy atom. The first-order chi connectivity index (χ1) is 9.83. The van der Waals surface area contributed by atoms with Gasteiger partial charge in [0, 0.05) is 12.1 Å². The van der Waals surface area contributed by atoms with Crippen molar-refractivity contribution in [2.75, 3.05) is 33.4 Å². The van der Waals surface area contributed by atoms with Crippen molar-refractivity contribution in [3.63, 3.8) is 0 Å². The Kier molecular flexibility index (Phi) is 8.50. The molecule has 1 heterocycles. The zero-order valence-corrected chi connectivity index (χ0v) is 13.8. The maximum absolute atomic E-state index is 5.67. The van der Waals surface area contributed by atoms with Gasteiger partial charge in [-0.25, -0.2) is 0 Å². The number of ether oxygens (including phenoxy) is 2. The van der Waals surface area contributed by atoms with E-state index in [-0.39, 0.29) is 12.4 Å². The lowest BCUT2D eigenvalue weighted by Crippen LogP contribution is -2.33. The van der Waals surface area contributed by atoms with E-state index >= 15 is 0 Å². The summed E-state index contributed by atoms with van der Waals surface area (Å²) in [4.78, 5) is 0. The molecular weight excluding hydrogens is 288 g/mol. The first-order valence-corrected chi connectivity index (χ1v) is 7.54. The SMILES string of the molecule is CCOc1ccc(OC)cc1CNCC1CCNCC1.Cl. The first-order valence-electron chi connectivity index (χ1n) is 7.54. The van der Waals surface area contributed by atoms with Gasteiger partial charge < -0.3 is 20.1 Å². The summed E-state index contributed by atoms with van der Waals surface area (Å²) in [5.74, 6) is 2.62. The summed E-state index contributed by atoms with van der Waals surface area (Å²) < 4.78 is 11.0. The molecule has 2 N–H and O–H groups in total. The number of hydrogen-bond donors (Lipinski definition) is 2. The molecule has 0 bridgehead atoms. The lowest BCUT2D eigenvalue weighted by Gasteiger charge is -2.23. The second-order valence-electron chi connectivity index (χ2n) is 5.23. The van der Waals surface area contributed by atoms with Gasteiger partial charge in [-0.3, -0.25) is 0 Å². The molecule has 120 valence electrons. The summed E-state index contributed by atoms with van der Waals surface area (Å²) in [6.45, 7) is 6.90. The molecule has 0 radical (unpaired) electrons. The molecule has 0 amide bonds. The quantitative estimate of drug-likeness (QED) is 0.812. The maximum atomic E-state index is 5.67. The van der Waals surface area contributed by atoms with Gasteiger partial charge in [-0.15, -0.1) is 12.4 Å². The molecule has 1 aromatic rings. The Hall–Kier alpha value is -0.970. The van der Waals surface area contributed by atoms with E-state index in [4.69, 9.17) is 9.47 Å². The van der Waals surface area contributed by atoms with Crippen LogP contribution < -0.4 is 20.1 Å². The maximum Gasteiger partial charge on any atom is 0.124 e. The monoisotopic (exact) mass is 314 g/mol. The standard InChI is InChI=1S/C16H26N2O2.ClH/c1-3-20-16-5-4-15(19-2)10-14(16)12-18-11-13-6-8-17-9-7-13;/h4-5,10,13,17-18H,3,6-9,11-12H2,1-2H3;1H. The smallest absolute Gasteiger partial charge is 0.124 e. The van der Waals surface area contributed by atoms with Gasteiger partial charge in [0.25, 0.3) is 0 Å². The van der Waals surface area contributed by atoms with E-state index < -0.39 is 0 Å². The van der Waals surface area contributed by atoms with E-state index in [9.17, 15) is 0 Å². The van der Waals surface area contributed by atoms with Gasteiger partial charge >= 0.3 is 0 Å². The lowest BCUT2D eigenvalue weighted by atomic mass is 9.98. The molecule has 1 aliphatic rings. The number of hydrogen-bond acceptors (Lipinski definition) is 4. The van der Waals surface area contributed by atoms with Crippen molar-refractivity contribution in [1.82, 2.24) is 10.6 Å². The van der Waals surface area contributed by atoms with Crippen molar-refractivity contribution in [3.05, 3.63) is 23.8 Å². The van der Waals surface area contributed by atoms with E-state index in [1.807, 2.05) is 19.1 Å². The summed E-state index contributed by atoms with van der Waals surface area (Å²) in [7, 11) is 1.70. The minimum absolute atomic E-state index is 0. The van der Waals surface area contributed by atoms with Crippen molar-refractivity contribution in [1.29, 1.82) is 0 Å². The Balaban J connectivity index is 0.00000220. The largest absolute Gasteiger partial charge is 0.497 e. The molecular formula is C16H27ClN2O2. The van der Waals surface area contributed by atoms with E-state index in [0.29, 0.717) is 6.61 Å². The van der Waals surface area contributed by atoms with E-state index in [2.05, 4.69) is 16.7 Å². The molecule has 21 heavy (non-hydrogen) atoms. The summed E-state index contributed by atoms with van der Waals surface area (Å²) in [6.07, 6.45) is 2.53. The molecule has 0 aliphatic carbocycles. The van der Waals surface area contributed by atoms with Crippen LogP contribution >= 0.6 is 12.4 Å². The molecule has 1 fully saturated rings. The Morgan fingerprint density at radius 3 is 2.71 bits per heavy atom. The average molecular weight is 315 g/mol. The fourth-order valence-corrected chi connectivity index (χ4v) is 2.61. The van der Waals surface area contributed by atoms with Crippen molar-refractivity contribution in [3.8, 4) is 11.5 Å². The Morgan fingerprint density at radius 1 is 1.29 bits per heavy atom. The number of methoxy groups -OCH3 is 1. The Labute approximate surface area is 134 Å². The summed E-state index contributed by atoms with van der Waals surface area (Å²) >= 11 is 0. The highest BCUT2D eigenvalue weighted by atomic mass is 35.5.